The van der Waals surface area contributed by atoms with Crippen molar-refractivity contribution in [3.8, 4) is 0 Å². The predicted molar refractivity (Wildman–Crippen MR) is 88.2 cm³/mol. The van der Waals surface area contributed by atoms with Gasteiger partial charge in [-0.1, -0.05) is 30.3 Å². The maximum atomic E-state index is 12.4. The molecule has 0 saturated heterocycles. The summed E-state index contributed by atoms with van der Waals surface area (Å²) in [5, 5.41) is 2.99. The van der Waals surface area contributed by atoms with E-state index < -0.39 is 0 Å². The average molecular weight is 309 g/mol. The summed E-state index contributed by atoms with van der Waals surface area (Å²) in [6.45, 7) is 0.142. The van der Waals surface area contributed by atoms with Crippen molar-refractivity contribution in [2.24, 2.45) is 10.2 Å². The number of carbonyl (C=O) groups excluding carboxylic acids is 1. The van der Waals surface area contributed by atoms with Gasteiger partial charge in [-0.3, -0.25) is 14.7 Å². The van der Waals surface area contributed by atoms with Gasteiger partial charge in [-0.15, -0.1) is 4.91 Å². The highest BCUT2D eigenvalue weighted by Gasteiger charge is 2.25. The fourth-order valence-corrected chi connectivity index (χ4v) is 2.57. The Kier molecular flexibility index (Phi) is 4.25. The number of ether oxygens (including phenoxy) is 1. The molecule has 0 aromatic heterocycles. The van der Waals surface area contributed by atoms with E-state index in [0.29, 0.717) is 22.6 Å². The Labute approximate surface area is 133 Å². The van der Waals surface area contributed by atoms with Crippen LogP contribution in [0.1, 0.15) is 11.1 Å². The lowest BCUT2D eigenvalue weighted by Crippen LogP contribution is -2.34. The minimum Gasteiger partial charge on any atom is -0.364 e. The van der Waals surface area contributed by atoms with Gasteiger partial charge in [0.2, 0.25) is 0 Å². The summed E-state index contributed by atoms with van der Waals surface area (Å²) in [5.74, 6) is -0.161. The van der Waals surface area contributed by atoms with E-state index in [1.54, 1.807) is 18.2 Å². The van der Waals surface area contributed by atoms with E-state index in [9.17, 15) is 9.70 Å². The highest BCUT2D eigenvalue weighted by atomic mass is 16.5. The van der Waals surface area contributed by atoms with Gasteiger partial charge in [-0.25, -0.2) is 0 Å². The lowest BCUT2D eigenvalue weighted by Gasteiger charge is -2.22. The fourth-order valence-electron chi connectivity index (χ4n) is 2.57. The molecule has 0 spiro atoms. The third-order valence-electron chi connectivity index (χ3n) is 3.61. The van der Waals surface area contributed by atoms with Crippen molar-refractivity contribution < 1.29 is 9.53 Å². The number of benzodiazepines with no additional fused rings is 1. The van der Waals surface area contributed by atoms with Crippen molar-refractivity contribution in [3.05, 3.63) is 64.6 Å². The minimum absolute atomic E-state index is 0.0200. The lowest BCUT2D eigenvalue weighted by molar-refractivity contribution is -0.118. The summed E-state index contributed by atoms with van der Waals surface area (Å²) in [5.41, 5.74) is 3.18. The topological polar surface area (TPSA) is 71.3 Å². The van der Waals surface area contributed by atoms with E-state index in [4.69, 9.17) is 4.74 Å². The summed E-state index contributed by atoms with van der Waals surface area (Å²) in [6.07, 6.45) is 0. The molecule has 2 aromatic rings. The molecule has 3 rings (SSSR count). The standard InChI is InChI=1S/C17H15N3O3/c1-23-11-20-15-8-7-13(19-22)9-14(15)17(18-10-16(20)21)12-5-3-2-4-6-12/h2-9H,10-11H2,1H3. The van der Waals surface area contributed by atoms with Gasteiger partial charge in [0.25, 0.3) is 5.91 Å². The molecule has 1 heterocycles. The van der Waals surface area contributed by atoms with Gasteiger partial charge in [0.05, 0.1) is 11.4 Å². The number of nitrogens with zero attached hydrogens (tertiary/aromatic N) is 3. The first-order chi connectivity index (χ1) is 11.2. The van der Waals surface area contributed by atoms with Crippen LogP contribution in [0.2, 0.25) is 0 Å². The fraction of sp³-hybridized carbons (Fsp3) is 0.176. The molecule has 0 atom stereocenters. The van der Waals surface area contributed by atoms with Crippen LogP contribution in [0.25, 0.3) is 0 Å². The summed E-state index contributed by atoms with van der Waals surface area (Å²) in [6, 6.07) is 14.5. The molecule has 0 bridgehead atoms. The van der Waals surface area contributed by atoms with Crippen LogP contribution in [0.3, 0.4) is 0 Å². The van der Waals surface area contributed by atoms with E-state index >= 15 is 0 Å². The zero-order valence-electron chi connectivity index (χ0n) is 12.6. The van der Waals surface area contributed by atoms with Crippen LogP contribution in [0, 0.1) is 4.91 Å². The van der Waals surface area contributed by atoms with Gasteiger partial charge in [0, 0.05) is 18.2 Å². The second-order valence-electron chi connectivity index (χ2n) is 5.06. The highest BCUT2D eigenvalue weighted by Crippen LogP contribution is 2.30. The largest absolute Gasteiger partial charge is 0.364 e. The number of benzene rings is 2. The average Bonchev–Trinajstić information content (AvgIpc) is 2.73. The number of hydrogen-bond acceptors (Lipinski definition) is 5. The maximum Gasteiger partial charge on any atom is 0.250 e. The Bertz CT molecular complexity index is 772. The number of methoxy groups -OCH3 is 1. The monoisotopic (exact) mass is 309 g/mol. The molecule has 0 N–H and O–H groups in total. The van der Waals surface area contributed by atoms with E-state index in [1.165, 1.54) is 12.0 Å². The van der Waals surface area contributed by atoms with Crippen molar-refractivity contribution in [2.75, 3.05) is 25.3 Å². The molecule has 1 amide bonds. The molecule has 1 aliphatic heterocycles. The maximum absolute atomic E-state index is 12.4. The third kappa shape index (κ3) is 2.89. The number of fused-ring (bicyclic) bond motifs is 1. The quantitative estimate of drug-likeness (QED) is 0.815. The number of anilines is 1. The predicted octanol–water partition coefficient (Wildman–Crippen LogP) is 2.87. The molecule has 116 valence electrons. The second-order valence-corrected chi connectivity index (χ2v) is 5.06. The molecule has 23 heavy (non-hydrogen) atoms. The summed E-state index contributed by atoms with van der Waals surface area (Å²) >= 11 is 0. The Hall–Kier alpha value is -2.86. The molecule has 6 nitrogen and oxygen atoms in total. The van der Waals surface area contributed by atoms with Gasteiger partial charge in [-0.2, -0.15) is 0 Å². The molecule has 0 radical (unpaired) electrons. The van der Waals surface area contributed by atoms with Crippen LogP contribution in [0.15, 0.2) is 58.7 Å². The molecule has 0 unspecified atom stereocenters. The van der Waals surface area contributed by atoms with Crippen LogP contribution in [-0.2, 0) is 9.53 Å². The number of rotatable bonds is 4. The van der Waals surface area contributed by atoms with E-state index in [-0.39, 0.29) is 19.2 Å². The number of aliphatic imine (C=N–C) groups is 1. The van der Waals surface area contributed by atoms with E-state index in [1.807, 2.05) is 30.3 Å². The molecule has 6 heteroatoms. The Balaban J connectivity index is 2.20. The Morgan fingerprint density at radius 2 is 2.00 bits per heavy atom. The van der Waals surface area contributed by atoms with Crippen molar-refractivity contribution in [1.29, 1.82) is 0 Å². The molecule has 1 aliphatic rings. The van der Waals surface area contributed by atoms with Gasteiger partial charge in [0.15, 0.2) is 0 Å². The zero-order valence-corrected chi connectivity index (χ0v) is 12.6. The molecule has 0 saturated carbocycles. The van der Waals surface area contributed by atoms with Gasteiger partial charge in [0.1, 0.15) is 19.0 Å². The van der Waals surface area contributed by atoms with Gasteiger partial charge < -0.3 is 4.74 Å². The minimum atomic E-state index is -0.161. The van der Waals surface area contributed by atoms with Crippen molar-refractivity contribution in [1.82, 2.24) is 0 Å². The number of hydrogen-bond donors (Lipinski definition) is 0. The van der Waals surface area contributed by atoms with Crippen LogP contribution < -0.4 is 4.90 Å². The summed E-state index contributed by atoms with van der Waals surface area (Å²) in [4.78, 5) is 29.2. The number of nitroso groups, excluding NO2 is 1. The molecule has 2 aromatic carbocycles. The number of amides is 1. The van der Waals surface area contributed by atoms with Gasteiger partial charge >= 0.3 is 0 Å². The first kappa shape index (κ1) is 15.1. The summed E-state index contributed by atoms with van der Waals surface area (Å²) < 4.78 is 5.13. The summed E-state index contributed by atoms with van der Waals surface area (Å²) in [7, 11) is 1.53. The first-order valence-electron chi connectivity index (χ1n) is 7.11. The molecule has 0 fully saturated rings. The molecular formula is C17H15N3O3. The highest BCUT2D eigenvalue weighted by molar-refractivity contribution is 6.19. The van der Waals surface area contributed by atoms with E-state index in [2.05, 4.69) is 10.2 Å². The normalized spacial score (nSPS) is 14.0. The smallest absolute Gasteiger partial charge is 0.250 e. The Morgan fingerprint density at radius 3 is 2.70 bits per heavy atom. The molecular weight excluding hydrogens is 294 g/mol. The van der Waals surface area contributed by atoms with E-state index in [0.717, 1.165) is 5.56 Å². The lowest BCUT2D eigenvalue weighted by atomic mass is 9.99. The Morgan fingerprint density at radius 1 is 1.22 bits per heavy atom. The van der Waals surface area contributed by atoms with Crippen LogP contribution >= 0.6 is 0 Å². The first-order valence-corrected chi connectivity index (χ1v) is 7.11. The van der Waals surface area contributed by atoms with Crippen LogP contribution in [0.5, 0.6) is 0 Å². The van der Waals surface area contributed by atoms with Crippen molar-refractivity contribution >= 4 is 23.0 Å². The second kappa shape index (κ2) is 6.50. The SMILES string of the molecule is COCN1C(=O)CN=C(c2ccccc2)c2cc(N=O)ccc21. The third-order valence-corrected chi connectivity index (χ3v) is 3.61. The van der Waals surface area contributed by atoms with Crippen molar-refractivity contribution in [3.63, 3.8) is 0 Å². The van der Waals surface area contributed by atoms with Crippen LogP contribution in [0.4, 0.5) is 11.4 Å². The van der Waals surface area contributed by atoms with Crippen LogP contribution in [-0.4, -0.2) is 32.0 Å². The van der Waals surface area contributed by atoms with Crippen molar-refractivity contribution in [2.45, 2.75) is 0 Å². The number of carbonyl (C=O) groups is 1. The molecule has 0 aliphatic carbocycles. The zero-order chi connectivity index (χ0) is 16.2. The van der Waals surface area contributed by atoms with Gasteiger partial charge in [-0.05, 0) is 23.4 Å².